The summed E-state index contributed by atoms with van der Waals surface area (Å²) in [6.45, 7) is 2.08. The van der Waals surface area contributed by atoms with Gasteiger partial charge in [-0.3, -0.25) is 4.79 Å². The number of amides is 1. The summed E-state index contributed by atoms with van der Waals surface area (Å²) in [5, 5.41) is 11.6. The van der Waals surface area contributed by atoms with E-state index in [1.165, 1.54) is 6.92 Å². The van der Waals surface area contributed by atoms with Crippen LogP contribution in [0.25, 0.3) is 0 Å². The van der Waals surface area contributed by atoms with Gasteiger partial charge >= 0.3 is 0 Å². The van der Waals surface area contributed by atoms with Crippen LogP contribution in [0.3, 0.4) is 0 Å². The van der Waals surface area contributed by atoms with E-state index in [0.717, 1.165) is 11.1 Å². The zero-order valence-corrected chi connectivity index (χ0v) is 9.29. The molecule has 84 valence electrons. The van der Waals surface area contributed by atoms with Crippen LogP contribution < -0.4 is 5.32 Å². The second-order valence-electron chi connectivity index (χ2n) is 3.39. The number of aliphatic hydroxyl groups excluding tert-OH is 1. The summed E-state index contributed by atoms with van der Waals surface area (Å²) in [6.07, 6.45) is 0.628. The van der Waals surface area contributed by atoms with Crippen molar-refractivity contribution in [2.24, 2.45) is 0 Å². The highest BCUT2D eigenvalue weighted by molar-refractivity contribution is 5.72. The van der Waals surface area contributed by atoms with Gasteiger partial charge in [0.2, 0.25) is 5.91 Å². The molecule has 2 N–H and O–H groups in total. The maximum Gasteiger partial charge on any atom is 0.216 e. The van der Waals surface area contributed by atoms with Crippen molar-refractivity contribution in [2.75, 3.05) is 6.54 Å². The first kappa shape index (κ1) is 12.3. The summed E-state index contributed by atoms with van der Waals surface area (Å²) < 4.78 is 0. The second kappa shape index (κ2) is 6.65. The minimum Gasteiger partial charge on any atom is -0.392 e. The first-order valence-corrected chi connectivity index (χ1v) is 5.15. The minimum atomic E-state index is -0.0379. The Hall–Kier alpha value is -1.79. The third-order valence-corrected chi connectivity index (χ3v) is 1.97. The molecule has 0 spiro atoms. The SMILES string of the molecule is CC(=O)NCCC#Cc1cccc(CO)c1. The van der Waals surface area contributed by atoms with Crippen molar-refractivity contribution in [2.45, 2.75) is 20.0 Å². The van der Waals surface area contributed by atoms with Crippen molar-refractivity contribution < 1.29 is 9.90 Å². The topological polar surface area (TPSA) is 49.3 Å². The van der Waals surface area contributed by atoms with Crippen LogP contribution in [-0.2, 0) is 11.4 Å². The molecular formula is C13H15NO2. The molecule has 0 heterocycles. The predicted molar refractivity (Wildman–Crippen MR) is 62.5 cm³/mol. The zero-order valence-electron chi connectivity index (χ0n) is 9.29. The van der Waals surface area contributed by atoms with Crippen LogP contribution in [0.4, 0.5) is 0 Å². The van der Waals surface area contributed by atoms with Crippen molar-refractivity contribution in [1.82, 2.24) is 5.32 Å². The number of benzene rings is 1. The van der Waals surface area contributed by atoms with Gasteiger partial charge in [-0.2, -0.15) is 0 Å². The quantitative estimate of drug-likeness (QED) is 0.587. The minimum absolute atomic E-state index is 0.0292. The summed E-state index contributed by atoms with van der Waals surface area (Å²) in [7, 11) is 0. The molecule has 0 aromatic heterocycles. The number of hydrogen-bond donors (Lipinski definition) is 2. The first-order chi connectivity index (χ1) is 7.72. The Balaban J connectivity index is 2.46. The summed E-state index contributed by atoms with van der Waals surface area (Å²) in [5.41, 5.74) is 1.74. The third-order valence-electron chi connectivity index (χ3n) is 1.97. The largest absolute Gasteiger partial charge is 0.392 e. The monoisotopic (exact) mass is 217 g/mol. The summed E-state index contributed by atoms with van der Waals surface area (Å²) >= 11 is 0. The Morgan fingerprint density at radius 2 is 2.31 bits per heavy atom. The summed E-state index contributed by atoms with van der Waals surface area (Å²) in [5.74, 6) is 5.90. The van der Waals surface area contributed by atoms with E-state index >= 15 is 0 Å². The highest BCUT2D eigenvalue weighted by Gasteiger charge is 1.91. The first-order valence-electron chi connectivity index (χ1n) is 5.15. The Morgan fingerprint density at radius 3 is 3.00 bits per heavy atom. The Bertz CT molecular complexity index is 415. The molecule has 0 aliphatic rings. The summed E-state index contributed by atoms with van der Waals surface area (Å²) in [6, 6.07) is 7.46. The Morgan fingerprint density at radius 1 is 1.50 bits per heavy atom. The molecule has 0 aliphatic carbocycles. The molecule has 1 rings (SSSR count). The van der Waals surface area contributed by atoms with E-state index in [4.69, 9.17) is 5.11 Å². The van der Waals surface area contributed by atoms with Crippen LogP contribution in [0.1, 0.15) is 24.5 Å². The maximum atomic E-state index is 10.6. The maximum absolute atomic E-state index is 10.6. The molecule has 1 aromatic carbocycles. The van der Waals surface area contributed by atoms with Gasteiger partial charge in [-0.25, -0.2) is 0 Å². The van der Waals surface area contributed by atoms with E-state index < -0.39 is 0 Å². The van der Waals surface area contributed by atoms with Crippen molar-refractivity contribution in [3.05, 3.63) is 35.4 Å². The molecule has 1 aromatic rings. The van der Waals surface area contributed by atoms with Gasteiger partial charge in [0, 0.05) is 25.5 Å². The molecule has 1 amide bonds. The van der Waals surface area contributed by atoms with Crippen LogP contribution in [0.15, 0.2) is 24.3 Å². The molecule has 0 fully saturated rings. The summed E-state index contributed by atoms with van der Waals surface area (Å²) in [4.78, 5) is 10.6. The molecule has 0 bridgehead atoms. The number of hydrogen-bond acceptors (Lipinski definition) is 2. The fourth-order valence-corrected chi connectivity index (χ4v) is 1.21. The van der Waals surface area contributed by atoms with E-state index in [1.807, 2.05) is 24.3 Å². The lowest BCUT2D eigenvalue weighted by Crippen LogP contribution is -2.20. The zero-order chi connectivity index (χ0) is 11.8. The highest BCUT2D eigenvalue weighted by atomic mass is 16.3. The van der Waals surface area contributed by atoms with Crippen molar-refractivity contribution in [3.63, 3.8) is 0 Å². The van der Waals surface area contributed by atoms with Crippen LogP contribution >= 0.6 is 0 Å². The molecule has 0 unspecified atom stereocenters. The fourth-order valence-electron chi connectivity index (χ4n) is 1.21. The Kier molecular flexibility index (Phi) is 5.10. The molecule has 3 nitrogen and oxygen atoms in total. The van der Waals surface area contributed by atoms with E-state index in [1.54, 1.807) is 0 Å². The molecule has 0 aliphatic heterocycles. The standard InChI is InChI=1S/C13H15NO2/c1-11(16)14-8-3-2-5-12-6-4-7-13(9-12)10-15/h4,6-7,9,15H,3,8,10H2,1H3,(H,14,16). The number of carbonyl (C=O) groups excluding carboxylic acids is 1. The second-order valence-corrected chi connectivity index (χ2v) is 3.39. The van der Waals surface area contributed by atoms with Crippen LogP contribution in [0.5, 0.6) is 0 Å². The molecule has 0 saturated carbocycles. The van der Waals surface area contributed by atoms with Crippen LogP contribution in [0.2, 0.25) is 0 Å². The molecule has 0 saturated heterocycles. The van der Waals surface area contributed by atoms with Crippen molar-refractivity contribution in [1.29, 1.82) is 0 Å². The lowest BCUT2D eigenvalue weighted by atomic mass is 10.1. The molecular weight excluding hydrogens is 202 g/mol. The van der Waals surface area contributed by atoms with Gasteiger partial charge in [0.25, 0.3) is 0 Å². The Labute approximate surface area is 95.5 Å². The van der Waals surface area contributed by atoms with Gasteiger partial charge in [-0.1, -0.05) is 24.0 Å². The molecule has 0 atom stereocenters. The fraction of sp³-hybridized carbons (Fsp3) is 0.308. The molecule has 3 heteroatoms. The molecule has 16 heavy (non-hydrogen) atoms. The van der Waals surface area contributed by atoms with E-state index in [0.29, 0.717) is 13.0 Å². The van der Waals surface area contributed by atoms with E-state index in [9.17, 15) is 4.79 Å². The van der Waals surface area contributed by atoms with Gasteiger partial charge in [-0.15, -0.1) is 0 Å². The number of carbonyl (C=O) groups is 1. The van der Waals surface area contributed by atoms with Gasteiger partial charge in [0.15, 0.2) is 0 Å². The van der Waals surface area contributed by atoms with Gasteiger partial charge in [-0.05, 0) is 17.7 Å². The van der Waals surface area contributed by atoms with Gasteiger partial charge in [0.1, 0.15) is 0 Å². The van der Waals surface area contributed by atoms with E-state index in [2.05, 4.69) is 17.2 Å². The average molecular weight is 217 g/mol. The normalized spacial score (nSPS) is 9.12. The average Bonchev–Trinajstić information content (AvgIpc) is 2.28. The van der Waals surface area contributed by atoms with Gasteiger partial charge in [0.05, 0.1) is 6.61 Å². The third kappa shape index (κ3) is 4.63. The lowest BCUT2D eigenvalue weighted by Gasteiger charge is -1.96. The number of aliphatic hydroxyl groups is 1. The van der Waals surface area contributed by atoms with E-state index in [-0.39, 0.29) is 12.5 Å². The predicted octanol–water partition coefficient (Wildman–Crippen LogP) is 1.06. The van der Waals surface area contributed by atoms with Crippen LogP contribution in [0, 0.1) is 11.8 Å². The molecule has 0 radical (unpaired) electrons. The smallest absolute Gasteiger partial charge is 0.216 e. The number of nitrogens with one attached hydrogen (secondary N) is 1. The lowest BCUT2D eigenvalue weighted by molar-refractivity contribution is -0.118. The highest BCUT2D eigenvalue weighted by Crippen LogP contribution is 2.03. The van der Waals surface area contributed by atoms with Crippen LogP contribution in [-0.4, -0.2) is 17.6 Å². The van der Waals surface area contributed by atoms with Crippen molar-refractivity contribution >= 4 is 5.91 Å². The van der Waals surface area contributed by atoms with Gasteiger partial charge < -0.3 is 10.4 Å². The number of rotatable bonds is 3. The van der Waals surface area contributed by atoms with Crippen molar-refractivity contribution in [3.8, 4) is 11.8 Å².